The Kier molecular flexibility index (Phi) is 4.01. The van der Waals surface area contributed by atoms with Crippen LogP contribution in [0.4, 0.5) is 0 Å². The summed E-state index contributed by atoms with van der Waals surface area (Å²) in [6.45, 7) is 0.630. The summed E-state index contributed by atoms with van der Waals surface area (Å²) >= 11 is 0. The molecule has 0 unspecified atom stereocenters. The van der Waals surface area contributed by atoms with Gasteiger partial charge in [0.05, 0.1) is 23.4 Å². The lowest BCUT2D eigenvalue weighted by Gasteiger charge is -2.35. The number of pyridine rings is 1. The van der Waals surface area contributed by atoms with E-state index in [0.29, 0.717) is 29.3 Å². The maximum Gasteiger partial charge on any atom is 0.269 e. The van der Waals surface area contributed by atoms with Gasteiger partial charge >= 0.3 is 0 Å². The average molecular weight is 334 g/mol. The number of fused-ring (bicyclic) bond motifs is 1. The zero-order chi connectivity index (χ0) is 17.2. The molecule has 2 N–H and O–H groups in total. The molecule has 4 rings (SSSR count). The highest BCUT2D eigenvalue weighted by atomic mass is 16.2. The maximum atomic E-state index is 12.3. The second-order valence-electron chi connectivity index (χ2n) is 6.47. The van der Waals surface area contributed by atoms with Crippen molar-refractivity contribution in [1.29, 1.82) is 0 Å². The van der Waals surface area contributed by atoms with Crippen LogP contribution in [0.1, 0.15) is 34.8 Å². The van der Waals surface area contributed by atoms with E-state index in [1.165, 1.54) is 24.2 Å². The fourth-order valence-corrected chi connectivity index (χ4v) is 3.32. The molecule has 2 aromatic heterocycles. The number of carbonyl (C=O) groups excluding carboxylic acids is 1. The lowest BCUT2D eigenvalue weighted by molar-refractivity contribution is 0.0930. The third kappa shape index (κ3) is 3.15. The van der Waals surface area contributed by atoms with Crippen molar-refractivity contribution in [2.45, 2.75) is 18.8 Å². The largest absolute Gasteiger partial charge is 0.350 e. The van der Waals surface area contributed by atoms with Crippen molar-refractivity contribution in [2.24, 2.45) is 5.92 Å². The summed E-state index contributed by atoms with van der Waals surface area (Å²) in [4.78, 5) is 34.7. The molecule has 0 radical (unpaired) electrons. The molecule has 1 aliphatic carbocycles. The highest BCUT2D eigenvalue weighted by molar-refractivity contribution is 5.95. The maximum absolute atomic E-state index is 12.3. The van der Waals surface area contributed by atoms with Crippen LogP contribution in [0.15, 0.2) is 53.7 Å². The van der Waals surface area contributed by atoms with E-state index < -0.39 is 0 Å². The van der Waals surface area contributed by atoms with Crippen molar-refractivity contribution in [3.8, 4) is 0 Å². The number of benzene rings is 1. The standard InChI is InChI=1S/C19H18N4O2/c24-18-15-8-16(20-10-17(15)22-11-23-18)19(25)21-9-12-6-14(7-12)13-4-2-1-3-5-13/h1-5,8,10-12,14H,6-7,9H2,(H,21,25)(H,22,23,24). The minimum absolute atomic E-state index is 0.241. The number of carbonyl (C=O) groups is 1. The van der Waals surface area contributed by atoms with Gasteiger partial charge in [0.15, 0.2) is 0 Å². The molecule has 1 aromatic carbocycles. The number of amides is 1. The minimum atomic E-state index is -0.272. The summed E-state index contributed by atoms with van der Waals surface area (Å²) in [5.74, 6) is 0.819. The summed E-state index contributed by atoms with van der Waals surface area (Å²) in [6, 6.07) is 12.0. The zero-order valence-corrected chi connectivity index (χ0v) is 13.6. The number of aromatic nitrogens is 3. The molecule has 25 heavy (non-hydrogen) atoms. The van der Waals surface area contributed by atoms with Crippen LogP contribution in [0.25, 0.3) is 10.9 Å². The lowest BCUT2D eigenvalue weighted by atomic mass is 9.71. The van der Waals surface area contributed by atoms with Crippen LogP contribution < -0.4 is 10.9 Å². The van der Waals surface area contributed by atoms with Gasteiger partial charge in [0.25, 0.3) is 11.5 Å². The Morgan fingerprint density at radius 1 is 1.20 bits per heavy atom. The van der Waals surface area contributed by atoms with E-state index in [0.717, 1.165) is 12.8 Å². The van der Waals surface area contributed by atoms with Gasteiger partial charge in [-0.1, -0.05) is 30.3 Å². The number of aromatic amines is 1. The predicted molar refractivity (Wildman–Crippen MR) is 94.4 cm³/mol. The summed E-state index contributed by atoms with van der Waals surface area (Å²) in [5, 5.41) is 3.29. The van der Waals surface area contributed by atoms with E-state index in [9.17, 15) is 9.59 Å². The molecule has 1 fully saturated rings. The Labute approximate surface area is 144 Å². The van der Waals surface area contributed by atoms with Gasteiger partial charge in [0.1, 0.15) is 5.69 Å². The second-order valence-corrected chi connectivity index (χ2v) is 6.47. The van der Waals surface area contributed by atoms with Crippen LogP contribution in [-0.4, -0.2) is 27.4 Å². The number of hydrogen-bond donors (Lipinski definition) is 2. The quantitative estimate of drug-likeness (QED) is 0.766. The number of H-pyrrole nitrogens is 1. The van der Waals surface area contributed by atoms with Gasteiger partial charge in [-0.2, -0.15) is 0 Å². The van der Waals surface area contributed by atoms with E-state index in [4.69, 9.17) is 0 Å². The predicted octanol–water partition coefficient (Wildman–Crippen LogP) is 2.24. The van der Waals surface area contributed by atoms with Crippen LogP contribution in [0.2, 0.25) is 0 Å². The van der Waals surface area contributed by atoms with Gasteiger partial charge in [-0.3, -0.25) is 9.59 Å². The third-order valence-corrected chi connectivity index (χ3v) is 4.82. The smallest absolute Gasteiger partial charge is 0.269 e. The van der Waals surface area contributed by atoms with Gasteiger partial charge in [0.2, 0.25) is 0 Å². The molecule has 6 nitrogen and oxygen atoms in total. The Bertz CT molecular complexity index is 962. The Balaban J connectivity index is 1.36. The van der Waals surface area contributed by atoms with Gasteiger partial charge in [-0.15, -0.1) is 0 Å². The second kappa shape index (κ2) is 6.47. The molecule has 0 bridgehead atoms. The fourth-order valence-electron chi connectivity index (χ4n) is 3.32. The molecule has 3 aromatic rings. The summed E-state index contributed by atoms with van der Waals surface area (Å²) in [6.07, 6.45) is 4.94. The van der Waals surface area contributed by atoms with Crippen molar-refractivity contribution in [1.82, 2.24) is 20.3 Å². The summed E-state index contributed by atoms with van der Waals surface area (Å²) < 4.78 is 0. The van der Waals surface area contributed by atoms with E-state index in [1.54, 1.807) is 0 Å². The molecular formula is C19H18N4O2. The molecule has 0 saturated heterocycles. The average Bonchev–Trinajstić information content (AvgIpc) is 2.61. The van der Waals surface area contributed by atoms with Gasteiger partial charge in [0, 0.05) is 6.54 Å². The first kappa shape index (κ1) is 15.5. The number of nitrogens with zero attached hydrogens (tertiary/aromatic N) is 2. The lowest BCUT2D eigenvalue weighted by Crippen LogP contribution is -2.35. The molecule has 1 saturated carbocycles. The SMILES string of the molecule is O=C(NCC1CC(c2ccccc2)C1)c1cc2c(=O)[nH]cnc2cn1. The number of rotatable bonds is 4. The molecule has 126 valence electrons. The Hall–Kier alpha value is -3.02. The van der Waals surface area contributed by atoms with Crippen molar-refractivity contribution < 1.29 is 4.79 Å². The molecule has 1 aliphatic rings. The molecule has 1 amide bonds. The molecule has 0 spiro atoms. The number of nitrogens with one attached hydrogen (secondary N) is 2. The highest BCUT2D eigenvalue weighted by Gasteiger charge is 2.30. The van der Waals surface area contributed by atoms with Crippen LogP contribution in [0.5, 0.6) is 0 Å². The Morgan fingerprint density at radius 2 is 2.00 bits per heavy atom. The van der Waals surface area contributed by atoms with E-state index in [2.05, 4.69) is 44.5 Å². The Morgan fingerprint density at radius 3 is 2.80 bits per heavy atom. The molecule has 6 heteroatoms. The van der Waals surface area contributed by atoms with Gasteiger partial charge in [-0.25, -0.2) is 9.97 Å². The van der Waals surface area contributed by atoms with Crippen molar-refractivity contribution in [2.75, 3.05) is 6.54 Å². The van der Waals surface area contributed by atoms with E-state index in [-0.39, 0.29) is 17.2 Å². The highest BCUT2D eigenvalue weighted by Crippen LogP contribution is 2.40. The third-order valence-electron chi connectivity index (χ3n) is 4.82. The first-order valence-corrected chi connectivity index (χ1v) is 8.37. The summed E-state index contributed by atoms with van der Waals surface area (Å²) in [5.41, 5.74) is 1.81. The van der Waals surface area contributed by atoms with Crippen LogP contribution in [0.3, 0.4) is 0 Å². The minimum Gasteiger partial charge on any atom is -0.350 e. The van der Waals surface area contributed by atoms with E-state index in [1.807, 2.05) is 6.07 Å². The van der Waals surface area contributed by atoms with Crippen LogP contribution in [-0.2, 0) is 0 Å². The molecular weight excluding hydrogens is 316 g/mol. The van der Waals surface area contributed by atoms with Crippen molar-refractivity contribution in [3.63, 3.8) is 0 Å². The van der Waals surface area contributed by atoms with E-state index >= 15 is 0 Å². The topological polar surface area (TPSA) is 87.7 Å². The zero-order valence-electron chi connectivity index (χ0n) is 13.6. The van der Waals surface area contributed by atoms with Crippen LogP contribution in [0, 0.1) is 5.92 Å². The van der Waals surface area contributed by atoms with Gasteiger partial charge in [-0.05, 0) is 36.3 Å². The first-order chi connectivity index (χ1) is 12.2. The molecule has 0 aliphatic heterocycles. The molecule has 0 atom stereocenters. The monoisotopic (exact) mass is 334 g/mol. The normalized spacial score (nSPS) is 19.4. The molecule has 2 heterocycles. The summed E-state index contributed by atoms with van der Waals surface area (Å²) in [7, 11) is 0. The first-order valence-electron chi connectivity index (χ1n) is 8.37. The fraction of sp³-hybridized carbons (Fsp3) is 0.263. The van der Waals surface area contributed by atoms with Gasteiger partial charge < -0.3 is 10.3 Å². The van der Waals surface area contributed by atoms with Crippen molar-refractivity contribution in [3.05, 3.63) is 70.5 Å². The van der Waals surface area contributed by atoms with Crippen LogP contribution >= 0.6 is 0 Å². The number of hydrogen-bond acceptors (Lipinski definition) is 4. The van der Waals surface area contributed by atoms with Crippen molar-refractivity contribution >= 4 is 16.8 Å².